The zero-order chi connectivity index (χ0) is 37.0. The minimum Gasteiger partial charge on any atom is -0.457 e. The molecule has 302 valence electrons. The molecule has 0 amide bonds. The monoisotopic (exact) mass is 719 g/mol. The van der Waals surface area contributed by atoms with Gasteiger partial charge in [-0.15, -0.1) is 0 Å². The van der Waals surface area contributed by atoms with E-state index in [1.165, 1.54) is 199 Å². The summed E-state index contributed by atoms with van der Waals surface area (Å²) in [4.78, 5) is 12.2. The van der Waals surface area contributed by atoms with E-state index in [0.29, 0.717) is 19.6 Å². The average molecular weight is 719 g/mol. The third kappa shape index (κ3) is 43.2. The lowest BCUT2D eigenvalue weighted by Gasteiger charge is -2.16. The molecule has 51 heavy (non-hydrogen) atoms. The van der Waals surface area contributed by atoms with Gasteiger partial charge < -0.3 is 14.6 Å². The van der Waals surface area contributed by atoms with Gasteiger partial charge in [0.15, 0.2) is 0 Å². The summed E-state index contributed by atoms with van der Waals surface area (Å²) < 4.78 is 11.2. The Bertz CT molecular complexity index is 717. The van der Waals surface area contributed by atoms with Crippen LogP contribution < -0.4 is 0 Å². The Morgan fingerprint density at radius 2 is 0.824 bits per heavy atom. The van der Waals surface area contributed by atoms with Gasteiger partial charge in [0.2, 0.25) is 0 Å². The molecule has 0 aromatic rings. The molecule has 0 aromatic heterocycles. The molecule has 0 rings (SSSR count). The fourth-order valence-corrected chi connectivity index (χ4v) is 6.83. The molecular weight excluding hydrogens is 629 g/mol. The van der Waals surface area contributed by atoms with Crippen molar-refractivity contribution in [2.24, 2.45) is 0 Å². The molecule has 1 N–H and O–H groups in total. The molecule has 0 aliphatic carbocycles. The highest BCUT2D eigenvalue weighted by Crippen LogP contribution is 2.15. The van der Waals surface area contributed by atoms with E-state index >= 15 is 0 Å². The lowest BCUT2D eigenvalue weighted by molar-refractivity contribution is -0.154. The molecule has 4 nitrogen and oxygen atoms in total. The molecule has 0 aliphatic rings. The molecular formula is C47H90O4. The Labute approximate surface area is 319 Å². The molecule has 1 atom stereocenters. The number of esters is 1. The zero-order valence-corrected chi connectivity index (χ0v) is 34.6. The third-order valence-electron chi connectivity index (χ3n) is 10.3. The average Bonchev–Trinajstić information content (AvgIpc) is 3.14. The SMILES string of the molecule is CCCCCCC/C=C\C/C=C\CCCCCCCCCCCC(=O)OC(CO)COCCCCCCCCCCCCCCCCCCCC. The number of rotatable bonds is 43. The first-order valence-corrected chi connectivity index (χ1v) is 22.9. The number of aliphatic hydroxyl groups excluding tert-OH is 1. The van der Waals surface area contributed by atoms with Crippen molar-refractivity contribution >= 4 is 5.97 Å². The highest BCUT2D eigenvalue weighted by atomic mass is 16.6. The van der Waals surface area contributed by atoms with Crippen LogP contribution in [0.1, 0.15) is 245 Å². The highest BCUT2D eigenvalue weighted by molar-refractivity contribution is 5.69. The first kappa shape index (κ1) is 49.9. The van der Waals surface area contributed by atoms with Crippen molar-refractivity contribution in [1.29, 1.82) is 0 Å². The predicted octanol–water partition coefficient (Wildman–Crippen LogP) is 15.1. The number of ether oxygens (including phenoxy) is 2. The molecule has 0 aromatic carbocycles. The van der Waals surface area contributed by atoms with Crippen LogP contribution in [0.3, 0.4) is 0 Å². The summed E-state index contributed by atoms with van der Waals surface area (Å²) in [5.74, 6) is -0.200. The molecule has 0 aliphatic heterocycles. The van der Waals surface area contributed by atoms with Gasteiger partial charge in [0.1, 0.15) is 6.10 Å². The summed E-state index contributed by atoms with van der Waals surface area (Å²) in [7, 11) is 0. The Balaban J connectivity index is 3.39. The zero-order valence-electron chi connectivity index (χ0n) is 34.6. The number of unbranched alkanes of at least 4 members (excludes halogenated alkanes) is 31. The second-order valence-electron chi connectivity index (χ2n) is 15.5. The van der Waals surface area contributed by atoms with Crippen molar-refractivity contribution in [3.8, 4) is 0 Å². The summed E-state index contributed by atoms with van der Waals surface area (Å²) in [5.41, 5.74) is 0. The van der Waals surface area contributed by atoms with Crippen molar-refractivity contribution in [1.82, 2.24) is 0 Å². The van der Waals surface area contributed by atoms with Gasteiger partial charge >= 0.3 is 5.97 Å². The Morgan fingerprint density at radius 3 is 1.22 bits per heavy atom. The quantitative estimate of drug-likeness (QED) is 0.0387. The molecule has 0 bridgehead atoms. The topological polar surface area (TPSA) is 55.8 Å². The molecule has 0 saturated heterocycles. The molecule has 0 radical (unpaired) electrons. The van der Waals surface area contributed by atoms with Crippen LogP contribution in [0.15, 0.2) is 24.3 Å². The van der Waals surface area contributed by atoms with Crippen LogP contribution in [0, 0.1) is 0 Å². The van der Waals surface area contributed by atoms with E-state index in [1.54, 1.807) is 0 Å². The lowest BCUT2D eigenvalue weighted by Crippen LogP contribution is -2.27. The van der Waals surface area contributed by atoms with Crippen molar-refractivity contribution in [2.75, 3.05) is 19.8 Å². The normalized spacial score (nSPS) is 12.5. The van der Waals surface area contributed by atoms with Crippen LogP contribution in [0.25, 0.3) is 0 Å². The highest BCUT2D eigenvalue weighted by Gasteiger charge is 2.13. The van der Waals surface area contributed by atoms with E-state index in [0.717, 1.165) is 25.7 Å². The van der Waals surface area contributed by atoms with E-state index in [-0.39, 0.29) is 12.6 Å². The van der Waals surface area contributed by atoms with Gasteiger partial charge in [-0.25, -0.2) is 0 Å². The molecule has 1 unspecified atom stereocenters. The summed E-state index contributed by atoms with van der Waals surface area (Å²) in [6.07, 6.45) is 55.3. The van der Waals surface area contributed by atoms with Crippen molar-refractivity contribution in [3.63, 3.8) is 0 Å². The second kappa shape index (κ2) is 45.0. The van der Waals surface area contributed by atoms with Crippen molar-refractivity contribution < 1.29 is 19.4 Å². The number of hydrogen-bond acceptors (Lipinski definition) is 4. The van der Waals surface area contributed by atoms with Gasteiger partial charge in [-0.2, -0.15) is 0 Å². The summed E-state index contributed by atoms with van der Waals surface area (Å²) >= 11 is 0. The molecule has 0 spiro atoms. The van der Waals surface area contributed by atoms with Gasteiger partial charge in [0, 0.05) is 13.0 Å². The maximum atomic E-state index is 12.2. The van der Waals surface area contributed by atoms with E-state index in [4.69, 9.17) is 9.47 Å². The van der Waals surface area contributed by atoms with Crippen LogP contribution >= 0.6 is 0 Å². The van der Waals surface area contributed by atoms with Crippen LogP contribution in [-0.2, 0) is 14.3 Å². The van der Waals surface area contributed by atoms with Crippen molar-refractivity contribution in [3.05, 3.63) is 24.3 Å². The largest absolute Gasteiger partial charge is 0.457 e. The lowest BCUT2D eigenvalue weighted by atomic mass is 10.0. The van der Waals surface area contributed by atoms with E-state index in [2.05, 4.69) is 38.2 Å². The standard InChI is InChI=1S/C47H90O4/c1-3-5-7-9-11-13-15-17-19-21-23-24-25-26-28-30-32-34-36-38-40-42-47(49)51-46(44-48)45-50-43-41-39-37-35-33-31-29-27-22-20-18-16-14-12-10-8-6-4-2/h15,17,21,23,46,48H,3-14,16,18-20,22,24-45H2,1-2H3/b17-15-,23-21-. The summed E-state index contributed by atoms with van der Waals surface area (Å²) in [6.45, 7) is 5.37. The first-order valence-electron chi connectivity index (χ1n) is 22.9. The van der Waals surface area contributed by atoms with Crippen molar-refractivity contribution in [2.45, 2.75) is 251 Å². The molecule has 0 saturated carbocycles. The van der Waals surface area contributed by atoms with Gasteiger partial charge in [-0.05, 0) is 44.9 Å². The minimum atomic E-state index is -0.532. The first-order chi connectivity index (χ1) is 25.2. The van der Waals surface area contributed by atoms with Gasteiger partial charge in [0.05, 0.1) is 13.2 Å². The number of allylic oxidation sites excluding steroid dienone is 4. The minimum absolute atomic E-state index is 0.169. The fraction of sp³-hybridized carbons (Fsp3) is 0.894. The number of aliphatic hydroxyl groups is 1. The Kier molecular flexibility index (Phi) is 44.0. The predicted molar refractivity (Wildman–Crippen MR) is 224 cm³/mol. The maximum absolute atomic E-state index is 12.2. The summed E-state index contributed by atoms with van der Waals surface area (Å²) in [6, 6.07) is 0. The Hall–Kier alpha value is -1.13. The van der Waals surface area contributed by atoms with Gasteiger partial charge in [-0.1, -0.05) is 218 Å². The van der Waals surface area contributed by atoms with Crippen LogP contribution in [-0.4, -0.2) is 37.0 Å². The Morgan fingerprint density at radius 1 is 0.471 bits per heavy atom. The molecule has 0 fully saturated rings. The maximum Gasteiger partial charge on any atom is 0.306 e. The third-order valence-corrected chi connectivity index (χ3v) is 10.3. The van der Waals surface area contributed by atoms with Crippen LogP contribution in [0.5, 0.6) is 0 Å². The molecule has 0 heterocycles. The van der Waals surface area contributed by atoms with Gasteiger partial charge in [-0.3, -0.25) is 4.79 Å². The number of carbonyl (C=O) groups is 1. The number of carbonyl (C=O) groups excluding carboxylic acids is 1. The summed E-state index contributed by atoms with van der Waals surface area (Å²) in [5, 5.41) is 9.62. The van der Waals surface area contributed by atoms with E-state index < -0.39 is 6.10 Å². The fourth-order valence-electron chi connectivity index (χ4n) is 6.83. The van der Waals surface area contributed by atoms with Gasteiger partial charge in [0.25, 0.3) is 0 Å². The van der Waals surface area contributed by atoms with Crippen LogP contribution in [0.2, 0.25) is 0 Å². The molecule has 4 heteroatoms. The smallest absolute Gasteiger partial charge is 0.306 e. The number of hydrogen-bond donors (Lipinski definition) is 1. The van der Waals surface area contributed by atoms with Crippen LogP contribution in [0.4, 0.5) is 0 Å². The van der Waals surface area contributed by atoms with E-state index in [9.17, 15) is 9.90 Å². The van der Waals surface area contributed by atoms with E-state index in [1.807, 2.05) is 0 Å². The second-order valence-corrected chi connectivity index (χ2v) is 15.5.